The number of carbonyl (C=O) groups is 1. The fourth-order valence-corrected chi connectivity index (χ4v) is 2.12. The van der Waals surface area contributed by atoms with Gasteiger partial charge in [-0.25, -0.2) is 0 Å². The first-order valence-electron chi connectivity index (χ1n) is 6.78. The molecule has 4 nitrogen and oxygen atoms in total. The Morgan fingerprint density at radius 3 is 2.76 bits per heavy atom. The molecule has 0 N–H and O–H groups in total. The van der Waals surface area contributed by atoms with Crippen LogP contribution in [-0.4, -0.2) is 16.9 Å². The number of para-hydroxylation sites is 1. The average molecular weight is 281 g/mol. The van der Waals surface area contributed by atoms with E-state index in [-0.39, 0.29) is 11.9 Å². The molecule has 0 atom stereocenters. The van der Waals surface area contributed by atoms with Gasteiger partial charge in [-0.2, -0.15) is 0 Å². The van der Waals surface area contributed by atoms with Gasteiger partial charge in [0.2, 0.25) is 5.78 Å². The van der Waals surface area contributed by atoms with Crippen molar-refractivity contribution in [3.63, 3.8) is 0 Å². The molecule has 0 saturated carbocycles. The maximum atomic E-state index is 12.5. The Kier molecular flexibility index (Phi) is 3.44. The summed E-state index contributed by atoms with van der Waals surface area (Å²) in [4.78, 5) is 16.5. The lowest BCUT2D eigenvalue weighted by atomic mass is 10.1. The minimum Gasteiger partial charge on any atom is -0.489 e. The average Bonchev–Trinajstić information content (AvgIpc) is 2.90. The van der Waals surface area contributed by atoms with E-state index < -0.39 is 0 Å². The monoisotopic (exact) mass is 281 g/mol. The molecule has 0 aliphatic heterocycles. The minimum atomic E-state index is -0.201. The predicted molar refractivity (Wildman–Crippen MR) is 79.6 cm³/mol. The minimum absolute atomic E-state index is 0.0309. The summed E-state index contributed by atoms with van der Waals surface area (Å²) in [6.07, 6.45) is 3.14. The first-order valence-corrected chi connectivity index (χ1v) is 6.78. The SMILES string of the molecule is CC(C)Oc1cncc(C(=O)c2cc3ccccc3o2)c1. The Morgan fingerprint density at radius 2 is 2.00 bits per heavy atom. The zero-order valence-corrected chi connectivity index (χ0v) is 11.9. The van der Waals surface area contributed by atoms with Crippen molar-refractivity contribution in [1.29, 1.82) is 0 Å². The van der Waals surface area contributed by atoms with E-state index in [1.165, 1.54) is 6.20 Å². The Bertz CT molecular complexity index is 756. The van der Waals surface area contributed by atoms with Gasteiger partial charge in [0.1, 0.15) is 11.3 Å². The third-order valence-corrected chi connectivity index (χ3v) is 3.00. The standard InChI is InChI=1S/C17H15NO3/c1-11(2)20-14-7-13(9-18-10-14)17(19)16-8-12-5-3-4-6-15(12)21-16/h3-11H,1-2H3. The van der Waals surface area contributed by atoms with E-state index in [9.17, 15) is 4.79 Å². The number of nitrogens with zero attached hydrogens (tertiary/aromatic N) is 1. The zero-order valence-electron chi connectivity index (χ0n) is 11.9. The highest BCUT2D eigenvalue weighted by atomic mass is 16.5. The fraction of sp³-hybridized carbons (Fsp3) is 0.176. The lowest BCUT2D eigenvalue weighted by molar-refractivity contribution is 0.101. The van der Waals surface area contributed by atoms with Crippen LogP contribution in [0.1, 0.15) is 30.0 Å². The molecule has 0 aliphatic carbocycles. The number of rotatable bonds is 4. The van der Waals surface area contributed by atoms with Gasteiger partial charge in [0.05, 0.1) is 12.3 Å². The molecule has 0 saturated heterocycles. The number of furan rings is 1. The predicted octanol–water partition coefficient (Wildman–Crippen LogP) is 3.85. The molecule has 2 heterocycles. The van der Waals surface area contributed by atoms with E-state index in [4.69, 9.17) is 9.15 Å². The van der Waals surface area contributed by atoms with Gasteiger partial charge in [-0.15, -0.1) is 0 Å². The van der Waals surface area contributed by atoms with Crippen molar-refractivity contribution < 1.29 is 13.9 Å². The van der Waals surface area contributed by atoms with Crippen LogP contribution >= 0.6 is 0 Å². The molecule has 0 fully saturated rings. The third kappa shape index (κ3) is 2.79. The summed E-state index contributed by atoms with van der Waals surface area (Å²) in [6.45, 7) is 3.85. The molecule has 3 aromatic rings. The summed E-state index contributed by atoms with van der Waals surface area (Å²) in [7, 11) is 0. The van der Waals surface area contributed by atoms with Crippen LogP contribution in [-0.2, 0) is 0 Å². The normalized spacial score (nSPS) is 11.0. The zero-order chi connectivity index (χ0) is 14.8. The molecule has 0 spiro atoms. The summed E-state index contributed by atoms with van der Waals surface area (Å²) in [5.74, 6) is 0.680. The number of fused-ring (bicyclic) bond motifs is 1. The molecule has 2 aromatic heterocycles. The number of hydrogen-bond donors (Lipinski definition) is 0. The van der Waals surface area contributed by atoms with Crippen LogP contribution < -0.4 is 4.74 Å². The number of benzene rings is 1. The van der Waals surface area contributed by atoms with Crippen LogP contribution in [0.3, 0.4) is 0 Å². The highest BCUT2D eigenvalue weighted by molar-refractivity contribution is 6.08. The Hall–Kier alpha value is -2.62. The van der Waals surface area contributed by atoms with E-state index in [1.807, 2.05) is 38.1 Å². The summed E-state index contributed by atoms with van der Waals surface area (Å²) in [5.41, 5.74) is 1.15. The molecule has 3 rings (SSSR count). The van der Waals surface area contributed by atoms with E-state index in [2.05, 4.69) is 4.98 Å². The van der Waals surface area contributed by atoms with E-state index >= 15 is 0 Å². The number of pyridine rings is 1. The molecule has 0 bridgehead atoms. The van der Waals surface area contributed by atoms with Crippen LogP contribution in [0.15, 0.2) is 53.2 Å². The van der Waals surface area contributed by atoms with Crippen LogP contribution in [0.2, 0.25) is 0 Å². The molecule has 0 unspecified atom stereocenters. The second-order valence-corrected chi connectivity index (χ2v) is 5.05. The van der Waals surface area contributed by atoms with E-state index in [0.29, 0.717) is 22.7 Å². The van der Waals surface area contributed by atoms with Crippen molar-refractivity contribution in [2.75, 3.05) is 0 Å². The number of ether oxygens (including phenoxy) is 1. The molecular weight excluding hydrogens is 266 g/mol. The molecule has 0 aliphatic rings. The lowest BCUT2D eigenvalue weighted by Gasteiger charge is -2.09. The first-order chi connectivity index (χ1) is 10.1. The van der Waals surface area contributed by atoms with Gasteiger partial charge in [-0.05, 0) is 32.0 Å². The summed E-state index contributed by atoms with van der Waals surface area (Å²) >= 11 is 0. The number of hydrogen-bond acceptors (Lipinski definition) is 4. The molecule has 21 heavy (non-hydrogen) atoms. The fourth-order valence-electron chi connectivity index (χ4n) is 2.12. The largest absolute Gasteiger partial charge is 0.489 e. The van der Waals surface area contributed by atoms with Crippen molar-refractivity contribution in [1.82, 2.24) is 4.98 Å². The molecule has 1 aromatic carbocycles. The van der Waals surface area contributed by atoms with Gasteiger partial charge in [0.15, 0.2) is 5.76 Å². The Balaban J connectivity index is 1.94. The van der Waals surface area contributed by atoms with Crippen LogP contribution in [0.25, 0.3) is 11.0 Å². The van der Waals surface area contributed by atoms with Crippen LogP contribution in [0.5, 0.6) is 5.75 Å². The van der Waals surface area contributed by atoms with Crippen LogP contribution in [0.4, 0.5) is 0 Å². The van der Waals surface area contributed by atoms with Crippen LogP contribution in [0, 0.1) is 0 Å². The maximum Gasteiger partial charge on any atom is 0.229 e. The maximum absolute atomic E-state index is 12.5. The quantitative estimate of drug-likeness (QED) is 0.682. The topological polar surface area (TPSA) is 52.3 Å². The smallest absolute Gasteiger partial charge is 0.229 e. The van der Waals surface area contributed by atoms with Crippen molar-refractivity contribution in [3.8, 4) is 5.75 Å². The highest BCUT2D eigenvalue weighted by Crippen LogP contribution is 2.22. The van der Waals surface area contributed by atoms with Crippen molar-refractivity contribution in [2.24, 2.45) is 0 Å². The molecular formula is C17H15NO3. The highest BCUT2D eigenvalue weighted by Gasteiger charge is 2.15. The summed E-state index contributed by atoms with van der Waals surface area (Å²) in [5, 5.41) is 0.906. The van der Waals surface area contributed by atoms with Gasteiger partial charge < -0.3 is 9.15 Å². The third-order valence-electron chi connectivity index (χ3n) is 3.00. The Morgan fingerprint density at radius 1 is 1.19 bits per heavy atom. The lowest BCUT2D eigenvalue weighted by Crippen LogP contribution is -2.07. The first kappa shape index (κ1) is 13.4. The van der Waals surface area contributed by atoms with Crippen molar-refractivity contribution in [2.45, 2.75) is 20.0 Å². The molecule has 106 valence electrons. The van der Waals surface area contributed by atoms with Gasteiger partial charge >= 0.3 is 0 Å². The van der Waals surface area contributed by atoms with E-state index in [0.717, 1.165) is 5.39 Å². The number of carbonyl (C=O) groups excluding carboxylic acids is 1. The summed E-state index contributed by atoms with van der Waals surface area (Å²) < 4.78 is 11.1. The van der Waals surface area contributed by atoms with E-state index in [1.54, 1.807) is 18.3 Å². The molecule has 0 radical (unpaired) electrons. The van der Waals surface area contributed by atoms with Gasteiger partial charge in [-0.3, -0.25) is 9.78 Å². The number of aromatic nitrogens is 1. The van der Waals surface area contributed by atoms with Crippen molar-refractivity contribution >= 4 is 16.8 Å². The second kappa shape index (κ2) is 5.40. The molecule has 4 heteroatoms. The molecule has 0 amide bonds. The summed E-state index contributed by atoms with van der Waals surface area (Å²) in [6, 6.07) is 11.0. The van der Waals surface area contributed by atoms with Gasteiger partial charge in [-0.1, -0.05) is 18.2 Å². The van der Waals surface area contributed by atoms with Gasteiger partial charge in [0.25, 0.3) is 0 Å². The van der Waals surface area contributed by atoms with Gasteiger partial charge in [0, 0.05) is 17.1 Å². The Labute approximate surface area is 122 Å². The van der Waals surface area contributed by atoms with Crippen molar-refractivity contribution in [3.05, 3.63) is 60.1 Å². The second-order valence-electron chi connectivity index (χ2n) is 5.05. The number of ketones is 1.